The lowest BCUT2D eigenvalue weighted by atomic mass is 9.97. The molecule has 118 valence electrons. The number of amides is 1. The van der Waals surface area contributed by atoms with Crippen molar-refractivity contribution < 1.29 is 9.53 Å². The van der Waals surface area contributed by atoms with E-state index < -0.39 is 0 Å². The second-order valence-corrected chi connectivity index (χ2v) is 5.81. The molecule has 24 heavy (non-hydrogen) atoms. The molecule has 3 aromatic rings. The minimum atomic E-state index is 0.00895. The molecule has 0 saturated heterocycles. The average molecular weight is 315 g/mol. The van der Waals surface area contributed by atoms with E-state index in [1.807, 2.05) is 66.7 Å². The number of rotatable bonds is 4. The summed E-state index contributed by atoms with van der Waals surface area (Å²) in [5.74, 6) is 0.846. The van der Waals surface area contributed by atoms with Crippen LogP contribution in [0, 0.1) is 0 Å². The normalized spacial score (nSPS) is 12.6. The molecule has 1 aliphatic rings. The van der Waals surface area contributed by atoms with E-state index in [2.05, 4.69) is 11.4 Å². The first kappa shape index (κ1) is 14.5. The highest BCUT2D eigenvalue weighted by atomic mass is 16.5. The summed E-state index contributed by atoms with van der Waals surface area (Å²) >= 11 is 0. The molecule has 3 heteroatoms. The summed E-state index contributed by atoms with van der Waals surface area (Å²) < 4.78 is 5.83. The van der Waals surface area contributed by atoms with Gasteiger partial charge in [-0.15, -0.1) is 0 Å². The second-order valence-electron chi connectivity index (χ2n) is 5.81. The zero-order chi connectivity index (χ0) is 16.4. The van der Waals surface area contributed by atoms with E-state index in [-0.39, 0.29) is 5.91 Å². The molecule has 0 fully saturated rings. The maximum absolute atomic E-state index is 11.8. The Hall–Kier alpha value is -3.07. The second kappa shape index (κ2) is 6.20. The first-order valence-electron chi connectivity index (χ1n) is 7.98. The van der Waals surface area contributed by atoms with Gasteiger partial charge in [-0.05, 0) is 40.5 Å². The fraction of sp³-hybridized carbons (Fsp3) is 0.0952. The van der Waals surface area contributed by atoms with Crippen LogP contribution in [0.5, 0.6) is 5.75 Å². The average Bonchev–Trinajstić information content (AvgIpc) is 3.03. The Balaban J connectivity index is 1.54. The van der Waals surface area contributed by atoms with Gasteiger partial charge in [0.25, 0.3) is 5.91 Å². The summed E-state index contributed by atoms with van der Waals surface area (Å²) in [5.41, 5.74) is 5.18. The summed E-state index contributed by atoms with van der Waals surface area (Å²) in [7, 11) is 0. The molecule has 0 aromatic heterocycles. The SMILES string of the molecule is O=C1NCc2c1cccc2-c1ccc(OCc2ccccc2)cc1. The first-order chi connectivity index (χ1) is 11.8. The van der Waals surface area contributed by atoms with Crippen LogP contribution in [0.15, 0.2) is 72.8 Å². The number of benzene rings is 3. The van der Waals surface area contributed by atoms with Crippen molar-refractivity contribution in [1.29, 1.82) is 0 Å². The lowest BCUT2D eigenvalue weighted by molar-refractivity contribution is 0.0966. The molecule has 3 nitrogen and oxygen atoms in total. The first-order valence-corrected chi connectivity index (χ1v) is 7.98. The summed E-state index contributed by atoms with van der Waals surface area (Å²) in [6.07, 6.45) is 0. The number of nitrogens with one attached hydrogen (secondary N) is 1. The molecular formula is C21H17NO2. The van der Waals surface area contributed by atoms with Crippen molar-refractivity contribution >= 4 is 5.91 Å². The Morgan fingerprint density at radius 2 is 1.58 bits per heavy atom. The van der Waals surface area contributed by atoms with Gasteiger partial charge in [0, 0.05) is 12.1 Å². The summed E-state index contributed by atoms with van der Waals surface area (Å²) in [6.45, 7) is 1.15. The third-order valence-corrected chi connectivity index (χ3v) is 4.26. The lowest BCUT2D eigenvalue weighted by Crippen LogP contribution is -2.12. The van der Waals surface area contributed by atoms with E-state index in [0.29, 0.717) is 13.2 Å². The molecule has 0 radical (unpaired) electrons. The molecule has 0 spiro atoms. The number of ether oxygens (including phenoxy) is 1. The molecule has 3 aromatic carbocycles. The van der Waals surface area contributed by atoms with Gasteiger partial charge in [-0.1, -0.05) is 54.6 Å². The van der Waals surface area contributed by atoms with E-state index in [4.69, 9.17) is 4.74 Å². The van der Waals surface area contributed by atoms with E-state index >= 15 is 0 Å². The standard InChI is InChI=1S/C21H17NO2/c23-21-19-8-4-7-18(20(19)13-22-21)16-9-11-17(12-10-16)24-14-15-5-2-1-3-6-15/h1-12H,13-14H2,(H,22,23). The van der Waals surface area contributed by atoms with Gasteiger partial charge in [0.15, 0.2) is 0 Å². The minimum absolute atomic E-state index is 0.00895. The van der Waals surface area contributed by atoms with Crippen molar-refractivity contribution in [2.45, 2.75) is 13.2 Å². The smallest absolute Gasteiger partial charge is 0.251 e. The van der Waals surface area contributed by atoms with Crippen LogP contribution in [0.2, 0.25) is 0 Å². The fourth-order valence-corrected chi connectivity index (χ4v) is 3.00. The van der Waals surface area contributed by atoms with Crippen molar-refractivity contribution in [3.63, 3.8) is 0 Å². The van der Waals surface area contributed by atoms with Crippen LogP contribution in [0.1, 0.15) is 21.5 Å². The lowest BCUT2D eigenvalue weighted by Gasteiger charge is -2.10. The maximum Gasteiger partial charge on any atom is 0.251 e. The Morgan fingerprint density at radius 3 is 2.38 bits per heavy atom. The molecule has 0 atom stereocenters. The summed E-state index contributed by atoms with van der Waals surface area (Å²) in [6, 6.07) is 24.0. The molecule has 4 rings (SSSR count). The Morgan fingerprint density at radius 1 is 0.833 bits per heavy atom. The highest BCUT2D eigenvalue weighted by Crippen LogP contribution is 2.30. The van der Waals surface area contributed by atoms with Crippen LogP contribution in [0.4, 0.5) is 0 Å². The fourth-order valence-electron chi connectivity index (χ4n) is 3.00. The van der Waals surface area contributed by atoms with Crippen LogP contribution < -0.4 is 10.1 Å². The predicted octanol–water partition coefficient (Wildman–Crippen LogP) is 4.18. The molecule has 0 unspecified atom stereocenters. The van der Waals surface area contributed by atoms with E-state index in [9.17, 15) is 4.79 Å². The third-order valence-electron chi connectivity index (χ3n) is 4.26. The zero-order valence-corrected chi connectivity index (χ0v) is 13.2. The van der Waals surface area contributed by atoms with Crippen molar-refractivity contribution in [3.8, 4) is 16.9 Å². The summed E-state index contributed by atoms with van der Waals surface area (Å²) in [4.78, 5) is 11.8. The largest absolute Gasteiger partial charge is 0.489 e. The van der Waals surface area contributed by atoms with Gasteiger partial charge in [0.1, 0.15) is 12.4 Å². The maximum atomic E-state index is 11.8. The molecule has 1 heterocycles. The quantitative estimate of drug-likeness (QED) is 0.784. The number of carbonyl (C=O) groups is 1. The van der Waals surface area contributed by atoms with Crippen LogP contribution in [-0.2, 0) is 13.2 Å². The number of hydrogen-bond donors (Lipinski definition) is 1. The highest BCUT2D eigenvalue weighted by Gasteiger charge is 2.21. The molecular weight excluding hydrogens is 298 g/mol. The molecule has 0 aliphatic carbocycles. The van der Waals surface area contributed by atoms with Gasteiger partial charge < -0.3 is 10.1 Å². The van der Waals surface area contributed by atoms with Gasteiger partial charge in [-0.3, -0.25) is 4.79 Å². The molecule has 1 N–H and O–H groups in total. The number of fused-ring (bicyclic) bond motifs is 1. The third kappa shape index (κ3) is 2.76. The van der Waals surface area contributed by atoms with E-state index in [1.165, 1.54) is 0 Å². The van der Waals surface area contributed by atoms with Crippen LogP contribution >= 0.6 is 0 Å². The monoisotopic (exact) mass is 315 g/mol. The predicted molar refractivity (Wildman–Crippen MR) is 93.8 cm³/mol. The van der Waals surface area contributed by atoms with Crippen molar-refractivity contribution in [1.82, 2.24) is 5.32 Å². The Labute approximate surface area is 140 Å². The highest BCUT2D eigenvalue weighted by molar-refractivity contribution is 6.00. The zero-order valence-electron chi connectivity index (χ0n) is 13.2. The van der Waals surface area contributed by atoms with Gasteiger partial charge in [0.05, 0.1) is 0 Å². The van der Waals surface area contributed by atoms with Crippen LogP contribution in [0.3, 0.4) is 0 Å². The Bertz CT molecular complexity index is 870. The van der Waals surface area contributed by atoms with Gasteiger partial charge in [-0.25, -0.2) is 0 Å². The molecule has 1 amide bonds. The molecule has 0 saturated carbocycles. The van der Waals surface area contributed by atoms with Gasteiger partial charge >= 0.3 is 0 Å². The Kier molecular flexibility index (Phi) is 3.75. The van der Waals surface area contributed by atoms with Gasteiger partial charge in [0.2, 0.25) is 0 Å². The minimum Gasteiger partial charge on any atom is -0.489 e. The van der Waals surface area contributed by atoms with Gasteiger partial charge in [-0.2, -0.15) is 0 Å². The molecule has 1 aliphatic heterocycles. The van der Waals surface area contributed by atoms with Crippen molar-refractivity contribution in [2.24, 2.45) is 0 Å². The topological polar surface area (TPSA) is 38.3 Å². The molecule has 0 bridgehead atoms. The van der Waals surface area contributed by atoms with Crippen LogP contribution in [-0.4, -0.2) is 5.91 Å². The van der Waals surface area contributed by atoms with E-state index in [0.717, 1.165) is 33.6 Å². The number of carbonyl (C=O) groups excluding carboxylic acids is 1. The van der Waals surface area contributed by atoms with E-state index in [1.54, 1.807) is 0 Å². The number of hydrogen-bond acceptors (Lipinski definition) is 2. The summed E-state index contributed by atoms with van der Waals surface area (Å²) in [5, 5.41) is 2.88. The van der Waals surface area contributed by atoms with Crippen molar-refractivity contribution in [2.75, 3.05) is 0 Å². The van der Waals surface area contributed by atoms with Crippen LogP contribution in [0.25, 0.3) is 11.1 Å². The van der Waals surface area contributed by atoms with Crippen molar-refractivity contribution in [3.05, 3.63) is 89.5 Å².